The van der Waals surface area contributed by atoms with E-state index in [1.165, 1.54) is 0 Å². The standard InChI is InChI=1S/C12H16INO2/c1-9(2)14-12(15)6-7-16-11-5-3-4-10(13)8-11/h3-5,8-9H,6-7H2,1-2H3,(H,14,15). The number of carbonyl (C=O) groups excluding carboxylic acids is 1. The highest BCUT2D eigenvalue weighted by Crippen LogP contribution is 2.14. The predicted octanol–water partition coefficient (Wildman–Crippen LogP) is 2.58. The van der Waals surface area contributed by atoms with Crippen molar-refractivity contribution in [2.75, 3.05) is 6.61 Å². The van der Waals surface area contributed by atoms with E-state index in [2.05, 4.69) is 27.9 Å². The van der Waals surface area contributed by atoms with Gasteiger partial charge in [-0.2, -0.15) is 0 Å². The molecule has 88 valence electrons. The molecule has 0 fully saturated rings. The molecule has 0 spiro atoms. The third-order valence-corrected chi connectivity index (χ3v) is 2.51. The molecule has 1 rings (SSSR count). The SMILES string of the molecule is CC(C)NC(=O)CCOc1cccc(I)c1. The molecule has 1 amide bonds. The van der Waals surface area contributed by atoms with Gasteiger partial charge in [0.1, 0.15) is 5.75 Å². The molecule has 4 heteroatoms. The molecule has 0 unspecified atom stereocenters. The van der Waals surface area contributed by atoms with Gasteiger partial charge in [0.25, 0.3) is 0 Å². The average molecular weight is 333 g/mol. The number of hydrogen-bond acceptors (Lipinski definition) is 2. The Kier molecular flexibility index (Phi) is 5.59. The minimum Gasteiger partial charge on any atom is -0.493 e. The quantitative estimate of drug-likeness (QED) is 0.841. The minimum atomic E-state index is 0.0284. The number of halogens is 1. The fourth-order valence-corrected chi connectivity index (χ4v) is 1.73. The first-order chi connectivity index (χ1) is 7.58. The number of benzene rings is 1. The van der Waals surface area contributed by atoms with Crippen molar-refractivity contribution >= 4 is 28.5 Å². The minimum absolute atomic E-state index is 0.0284. The maximum atomic E-state index is 11.3. The van der Waals surface area contributed by atoms with E-state index in [0.717, 1.165) is 9.32 Å². The summed E-state index contributed by atoms with van der Waals surface area (Å²) in [5.74, 6) is 0.838. The summed E-state index contributed by atoms with van der Waals surface area (Å²) in [6, 6.07) is 7.96. The Bertz CT molecular complexity index is 353. The molecule has 0 radical (unpaired) electrons. The first kappa shape index (κ1) is 13.3. The molecule has 0 aliphatic rings. The lowest BCUT2D eigenvalue weighted by molar-refractivity contribution is -0.122. The highest BCUT2D eigenvalue weighted by atomic mass is 127. The molecule has 0 saturated carbocycles. The van der Waals surface area contributed by atoms with Crippen molar-refractivity contribution in [3.8, 4) is 5.75 Å². The molecule has 0 atom stereocenters. The zero-order valence-corrected chi connectivity index (χ0v) is 11.7. The Morgan fingerprint density at radius 1 is 1.50 bits per heavy atom. The Balaban J connectivity index is 2.28. The molecule has 1 aromatic carbocycles. The van der Waals surface area contributed by atoms with Crippen LogP contribution in [0.2, 0.25) is 0 Å². The highest BCUT2D eigenvalue weighted by molar-refractivity contribution is 14.1. The van der Waals surface area contributed by atoms with E-state index >= 15 is 0 Å². The van der Waals surface area contributed by atoms with Gasteiger partial charge < -0.3 is 10.1 Å². The van der Waals surface area contributed by atoms with Gasteiger partial charge >= 0.3 is 0 Å². The summed E-state index contributed by atoms with van der Waals surface area (Å²) in [4.78, 5) is 11.3. The van der Waals surface area contributed by atoms with Gasteiger partial charge in [-0.3, -0.25) is 4.79 Å². The normalized spacial score (nSPS) is 10.2. The number of nitrogens with one attached hydrogen (secondary N) is 1. The molecule has 0 aliphatic heterocycles. The molecule has 3 nitrogen and oxygen atoms in total. The number of hydrogen-bond donors (Lipinski definition) is 1. The van der Waals surface area contributed by atoms with Crippen LogP contribution in [-0.2, 0) is 4.79 Å². The lowest BCUT2D eigenvalue weighted by Crippen LogP contribution is -2.31. The van der Waals surface area contributed by atoms with E-state index in [1.807, 2.05) is 38.1 Å². The summed E-state index contributed by atoms with van der Waals surface area (Å²) in [7, 11) is 0. The molecule has 0 aromatic heterocycles. The second kappa shape index (κ2) is 6.73. The molecule has 0 heterocycles. The van der Waals surface area contributed by atoms with Crippen molar-refractivity contribution in [2.24, 2.45) is 0 Å². The van der Waals surface area contributed by atoms with Crippen LogP contribution in [0.15, 0.2) is 24.3 Å². The second-order valence-corrected chi connectivity index (χ2v) is 5.02. The first-order valence-electron chi connectivity index (χ1n) is 5.25. The summed E-state index contributed by atoms with van der Waals surface area (Å²) in [5.41, 5.74) is 0. The van der Waals surface area contributed by atoms with Crippen LogP contribution in [0.1, 0.15) is 20.3 Å². The molecule has 0 bridgehead atoms. The van der Waals surface area contributed by atoms with Crippen molar-refractivity contribution in [2.45, 2.75) is 26.3 Å². The van der Waals surface area contributed by atoms with Gasteiger partial charge in [-0.15, -0.1) is 0 Å². The van der Waals surface area contributed by atoms with Gasteiger partial charge in [0.15, 0.2) is 0 Å². The van der Waals surface area contributed by atoms with Crippen molar-refractivity contribution in [3.05, 3.63) is 27.8 Å². The maximum absolute atomic E-state index is 11.3. The third-order valence-electron chi connectivity index (χ3n) is 1.84. The van der Waals surface area contributed by atoms with Crippen LogP contribution in [-0.4, -0.2) is 18.6 Å². The topological polar surface area (TPSA) is 38.3 Å². The van der Waals surface area contributed by atoms with E-state index in [1.54, 1.807) is 0 Å². The van der Waals surface area contributed by atoms with Crippen molar-refractivity contribution in [1.29, 1.82) is 0 Å². The molecule has 1 N–H and O–H groups in total. The van der Waals surface area contributed by atoms with E-state index in [0.29, 0.717) is 13.0 Å². The van der Waals surface area contributed by atoms with Crippen molar-refractivity contribution in [3.63, 3.8) is 0 Å². The van der Waals surface area contributed by atoms with Crippen molar-refractivity contribution in [1.82, 2.24) is 5.32 Å². The van der Waals surface area contributed by atoms with Gasteiger partial charge in [0.2, 0.25) is 5.91 Å². The lowest BCUT2D eigenvalue weighted by atomic mass is 10.3. The molecular weight excluding hydrogens is 317 g/mol. The second-order valence-electron chi connectivity index (χ2n) is 3.78. The third kappa shape index (κ3) is 5.34. The summed E-state index contributed by atoms with van der Waals surface area (Å²) in [6.07, 6.45) is 0.393. The zero-order chi connectivity index (χ0) is 12.0. The average Bonchev–Trinajstić information content (AvgIpc) is 2.16. The van der Waals surface area contributed by atoms with Gasteiger partial charge in [-0.1, -0.05) is 6.07 Å². The van der Waals surface area contributed by atoms with Crippen LogP contribution in [0.5, 0.6) is 5.75 Å². The smallest absolute Gasteiger partial charge is 0.223 e. The van der Waals surface area contributed by atoms with E-state index in [9.17, 15) is 4.79 Å². The van der Waals surface area contributed by atoms with Crippen LogP contribution in [0.4, 0.5) is 0 Å². The molecule has 16 heavy (non-hydrogen) atoms. The van der Waals surface area contributed by atoms with Gasteiger partial charge in [0, 0.05) is 9.61 Å². The fourth-order valence-electron chi connectivity index (χ4n) is 1.21. The summed E-state index contributed by atoms with van der Waals surface area (Å²) in [6.45, 7) is 4.30. The van der Waals surface area contributed by atoms with Gasteiger partial charge in [0.05, 0.1) is 13.0 Å². The molecule has 1 aromatic rings. The lowest BCUT2D eigenvalue weighted by Gasteiger charge is -2.09. The van der Waals surface area contributed by atoms with Crippen LogP contribution < -0.4 is 10.1 Å². The number of rotatable bonds is 5. The molecule has 0 aliphatic carbocycles. The van der Waals surface area contributed by atoms with E-state index in [-0.39, 0.29) is 11.9 Å². The van der Waals surface area contributed by atoms with Crippen molar-refractivity contribution < 1.29 is 9.53 Å². The van der Waals surface area contributed by atoms with Gasteiger partial charge in [-0.05, 0) is 54.6 Å². The van der Waals surface area contributed by atoms with Crippen LogP contribution in [0.3, 0.4) is 0 Å². The summed E-state index contributed by atoms with van der Waals surface area (Å²) in [5, 5.41) is 2.82. The number of amides is 1. The maximum Gasteiger partial charge on any atom is 0.223 e. The largest absolute Gasteiger partial charge is 0.493 e. The van der Waals surface area contributed by atoms with Crippen LogP contribution in [0, 0.1) is 3.57 Å². The highest BCUT2D eigenvalue weighted by Gasteiger charge is 2.03. The Labute approximate surface area is 110 Å². The van der Waals surface area contributed by atoms with Gasteiger partial charge in [-0.25, -0.2) is 0 Å². The van der Waals surface area contributed by atoms with Crippen LogP contribution in [0.25, 0.3) is 0 Å². The predicted molar refractivity (Wildman–Crippen MR) is 72.5 cm³/mol. The summed E-state index contributed by atoms with van der Waals surface area (Å²) < 4.78 is 6.60. The summed E-state index contributed by atoms with van der Waals surface area (Å²) >= 11 is 2.23. The van der Waals surface area contributed by atoms with Crippen LogP contribution >= 0.6 is 22.6 Å². The zero-order valence-electron chi connectivity index (χ0n) is 9.50. The van der Waals surface area contributed by atoms with E-state index < -0.39 is 0 Å². The van der Waals surface area contributed by atoms with E-state index in [4.69, 9.17) is 4.74 Å². The molecular formula is C12H16INO2. The molecule has 0 saturated heterocycles. The Morgan fingerprint density at radius 2 is 2.25 bits per heavy atom. The fraction of sp³-hybridized carbons (Fsp3) is 0.417. The number of carbonyl (C=O) groups is 1. The monoisotopic (exact) mass is 333 g/mol. The Morgan fingerprint density at radius 3 is 2.88 bits per heavy atom. The Hall–Kier alpha value is -0.780. The number of ether oxygens (including phenoxy) is 1. The first-order valence-corrected chi connectivity index (χ1v) is 6.33.